The minimum atomic E-state index is -4.85. The number of hydrogen-bond donors (Lipinski definition) is 5. The van der Waals surface area contributed by atoms with E-state index in [9.17, 15) is 46.7 Å². The summed E-state index contributed by atoms with van der Waals surface area (Å²) in [7, 11) is -4.85. The van der Waals surface area contributed by atoms with E-state index in [4.69, 9.17) is 11.6 Å². The molecule has 0 atom stereocenters. The van der Waals surface area contributed by atoms with E-state index in [2.05, 4.69) is 25.5 Å². The summed E-state index contributed by atoms with van der Waals surface area (Å²) in [5.74, 6) is -5.52. The summed E-state index contributed by atoms with van der Waals surface area (Å²) in [6.07, 6.45) is -0.160. The molecule has 0 radical (unpaired) electrons. The molecule has 0 aliphatic heterocycles. The number of rotatable bonds is 7. The number of aromatic nitrogens is 2. The van der Waals surface area contributed by atoms with Crippen molar-refractivity contribution in [1.82, 2.24) is 9.97 Å². The second-order valence-electron chi connectivity index (χ2n) is 7.93. The Balaban J connectivity index is 1.84. The minimum absolute atomic E-state index is 0.000225. The molecule has 0 fully saturated rings. The number of carbonyl (C=O) groups is 2. The Morgan fingerprint density at radius 3 is 2.38 bits per heavy atom. The monoisotopic (exact) mass is 581 g/mol. The van der Waals surface area contributed by atoms with Gasteiger partial charge in [0.25, 0.3) is 10.1 Å². The highest BCUT2D eigenvalue weighted by Crippen LogP contribution is 2.42. The average Bonchev–Trinajstić information content (AvgIpc) is 2.85. The standard InChI is InChI=1S/C22H14ClF2N5O8S/c23-15-18(24)27-22(25)28-19(15)26-10-5-11(7-12(6-10)39(36,37)38)29-30-16-13-2-1-8(20(32)33)3-9(13)4-14(17(16)31)21(34)35/h3-7,31H,1-2H2,(H,32,33)(H,34,35)(H,26,27,28)(H,36,37,38). The van der Waals surface area contributed by atoms with Gasteiger partial charge in [-0.1, -0.05) is 11.6 Å². The molecule has 0 unspecified atom stereocenters. The van der Waals surface area contributed by atoms with Crippen molar-refractivity contribution in [2.75, 3.05) is 5.32 Å². The lowest BCUT2D eigenvalue weighted by atomic mass is 9.89. The molecule has 0 saturated heterocycles. The maximum atomic E-state index is 13.7. The number of hydrogen-bond acceptors (Lipinski definition) is 10. The topological polar surface area (TPSA) is 212 Å². The summed E-state index contributed by atoms with van der Waals surface area (Å²) in [6.45, 7) is 0. The summed E-state index contributed by atoms with van der Waals surface area (Å²) >= 11 is 5.72. The Bertz CT molecular complexity index is 1730. The molecular formula is C22H14ClF2N5O8S. The molecule has 1 aromatic heterocycles. The number of benzene rings is 2. The third-order valence-corrected chi connectivity index (χ3v) is 6.56. The number of carboxylic acids is 2. The van der Waals surface area contributed by atoms with Crippen molar-refractivity contribution < 1.29 is 46.7 Å². The van der Waals surface area contributed by atoms with E-state index in [1.807, 2.05) is 0 Å². The van der Waals surface area contributed by atoms with Crippen molar-refractivity contribution >= 4 is 62.6 Å². The Morgan fingerprint density at radius 2 is 1.74 bits per heavy atom. The predicted octanol–water partition coefficient (Wildman–Crippen LogP) is 4.63. The van der Waals surface area contributed by atoms with E-state index in [-0.39, 0.29) is 46.6 Å². The first-order valence-electron chi connectivity index (χ1n) is 10.5. The highest BCUT2D eigenvalue weighted by molar-refractivity contribution is 7.85. The maximum absolute atomic E-state index is 13.7. The van der Waals surface area contributed by atoms with E-state index in [1.54, 1.807) is 0 Å². The van der Waals surface area contributed by atoms with Crippen LogP contribution in [-0.4, -0.2) is 50.2 Å². The molecule has 13 nitrogen and oxygen atoms in total. The molecule has 5 N–H and O–H groups in total. The number of carboxylic acid groups (broad SMARTS) is 2. The number of nitrogens with one attached hydrogen (secondary N) is 1. The Kier molecular flexibility index (Phi) is 7.27. The number of nitrogens with zero attached hydrogens (tertiary/aromatic N) is 4. The van der Waals surface area contributed by atoms with E-state index in [0.717, 1.165) is 24.3 Å². The first kappa shape index (κ1) is 27.5. The third kappa shape index (κ3) is 5.82. The van der Waals surface area contributed by atoms with Crippen LogP contribution in [-0.2, 0) is 21.3 Å². The van der Waals surface area contributed by atoms with Gasteiger partial charge < -0.3 is 20.6 Å². The first-order chi connectivity index (χ1) is 18.2. The zero-order chi connectivity index (χ0) is 28.6. The number of aromatic hydroxyl groups is 1. The van der Waals surface area contributed by atoms with Crippen LogP contribution in [0.25, 0.3) is 6.08 Å². The van der Waals surface area contributed by atoms with Gasteiger partial charge in [-0.05, 0) is 54.3 Å². The highest BCUT2D eigenvalue weighted by Gasteiger charge is 2.25. The summed E-state index contributed by atoms with van der Waals surface area (Å²) in [5, 5.41) is 38.7. The van der Waals surface area contributed by atoms with Crippen LogP contribution >= 0.6 is 11.6 Å². The molecule has 0 spiro atoms. The largest absolute Gasteiger partial charge is 0.505 e. The Morgan fingerprint density at radius 1 is 1.03 bits per heavy atom. The molecule has 1 heterocycles. The molecule has 1 aliphatic rings. The predicted molar refractivity (Wildman–Crippen MR) is 130 cm³/mol. The fourth-order valence-electron chi connectivity index (χ4n) is 3.65. The quantitative estimate of drug-likeness (QED) is 0.112. The number of fused-ring (bicyclic) bond motifs is 1. The van der Waals surface area contributed by atoms with Crippen LogP contribution in [0, 0.1) is 12.0 Å². The van der Waals surface area contributed by atoms with E-state index in [1.165, 1.54) is 6.08 Å². The van der Waals surface area contributed by atoms with Crippen LogP contribution in [0.2, 0.25) is 5.02 Å². The van der Waals surface area contributed by atoms with E-state index < -0.39 is 61.1 Å². The third-order valence-electron chi connectivity index (χ3n) is 5.39. The average molecular weight is 582 g/mol. The molecule has 0 saturated carbocycles. The van der Waals surface area contributed by atoms with Gasteiger partial charge in [0.1, 0.15) is 16.3 Å². The first-order valence-corrected chi connectivity index (χ1v) is 12.3. The molecule has 0 amide bonds. The fourth-order valence-corrected chi connectivity index (χ4v) is 4.33. The smallest absolute Gasteiger partial charge is 0.339 e. The number of halogens is 3. The van der Waals surface area contributed by atoms with Gasteiger partial charge in [0, 0.05) is 11.3 Å². The van der Waals surface area contributed by atoms with Crippen molar-refractivity contribution in [3.63, 3.8) is 0 Å². The zero-order valence-corrected chi connectivity index (χ0v) is 20.6. The van der Waals surface area contributed by atoms with Crippen LogP contribution in [0.15, 0.2) is 45.0 Å². The van der Waals surface area contributed by atoms with Gasteiger partial charge in [0.15, 0.2) is 11.6 Å². The summed E-state index contributed by atoms with van der Waals surface area (Å²) in [4.78, 5) is 28.4. The number of phenols is 1. The molecule has 202 valence electrons. The van der Waals surface area contributed by atoms with Crippen molar-refractivity contribution in [2.45, 2.75) is 17.7 Å². The molecule has 0 bridgehead atoms. The van der Waals surface area contributed by atoms with Crippen LogP contribution in [0.4, 0.5) is 31.7 Å². The molecule has 2 aromatic carbocycles. The van der Waals surface area contributed by atoms with Gasteiger partial charge in [-0.3, -0.25) is 4.55 Å². The fraction of sp³-hybridized carbons (Fsp3) is 0.0909. The normalized spacial score (nSPS) is 13.2. The minimum Gasteiger partial charge on any atom is -0.505 e. The lowest BCUT2D eigenvalue weighted by Crippen LogP contribution is -2.09. The van der Waals surface area contributed by atoms with Gasteiger partial charge in [0.2, 0.25) is 5.95 Å². The van der Waals surface area contributed by atoms with Crippen LogP contribution in [0.5, 0.6) is 5.75 Å². The van der Waals surface area contributed by atoms with Crippen molar-refractivity contribution in [3.8, 4) is 5.75 Å². The number of azo groups is 1. The van der Waals surface area contributed by atoms with Crippen LogP contribution < -0.4 is 5.32 Å². The van der Waals surface area contributed by atoms with Gasteiger partial charge >= 0.3 is 18.0 Å². The van der Waals surface area contributed by atoms with Gasteiger partial charge in [-0.15, -0.1) is 5.11 Å². The van der Waals surface area contributed by atoms with Crippen LogP contribution in [0.3, 0.4) is 0 Å². The number of anilines is 2. The van der Waals surface area contributed by atoms with Crippen LogP contribution in [0.1, 0.15) is 27.9 Å². The van der Waals surface area contributed by atoms with E-state index in [0.29, 0.717) is 0 Å². The van der Waals surface area contributed by atoms with E-state index >= 15 is 0 Å². The van der Waals surface area contributed by atoms with Gasteiger partial charge in [-0.2, -0.15) is 32.3 Å². The zero-order valence-electron chi connectivity index (χ0n) is 19.1. The highest BCUT2D eigenvalue weighted by atomic mass is 35.5. The Labute approximate surface area is 221 Å². The molecule has 1 aliphatic carbocycles. The molecular weight excluding hydrogens is 568 g/mol. The van der Waals surface area contributed by atoms with Crippen molar-refractivity contribution in [3.05, 3.63) is 63.6 Å². The number of aliphatic carboxylic acids is 1. The summed E-state index contributed by atoms with van der Waals surface area (Å²) in [5.41, 5.74) is -0.987. The Hall–Kier alpha value is -4.54. The molecule has 4 rings (SSSR count). The number of aromatic carboxylic acids is 1. The van der Waals surface area contributed by atoms with Crippen molar-refractivity contribution in [2.24, 2.45) is 10.2 Å². The second-order valence-corrected chi connectivity index (χ2v) is 9.73. The van der Waals surface area contributed by atoms with Gasteiger partial charge in [-0.25, -0.2) is 9.59 Å². The van der Waals surface area contributed by atoms with Crippen molar-refractivity contribution in [1.29, 1.82) is 0 Å². The molecule has 3 aromatic rings. The second kappa shape index (κ2) is 10.3. The molecule has 17 heteroatoms. The summed E-state index contributed by atoms with van der Waals surface area (Å²) < 4.78 is 60.3. The van der Waals surface area contributed by atoms with Gasteiger partial charge in [0.05, 0.1) is 10.6 Å². The lowest BCUT2D eigenvalue weighted by molar-refractivity contribution is -0.132. The summed E-state index contributed by atoms with van der Waals surface area (Å²) in [6, 6.07) is 3.92. The lowest BCUT2D eigenvalue weighted by Gasteiger charge is -2.18. The molecule has 39 heavy (non-hydrogen) atoms. The maximum Gasteiger partial charge on any atom is 0.339 e. The SMILES string of the molecule is O=C(O)C1=Cc2cc(C(=O)O)c(O)c(N=Nc3cc(Nc4nc(F)nc(F)c4Cl)cc(S(=O)(=O)O)c3)c2CC1.